The van der Waals surface area contributed by atoms with E-state index in [-0.39, 0.29) is 17.2 Å². The summed E-state index contributed by atoms with van der Waals surface area (Å²) in [6.07, 6.45) is 5.36. The molecule has 6 nitrogen and oxygen atoms in total. The van der Waals surface area contributed by atoms with Gasteiger partial charge in [0.15, 0.2) is 11.0 Å². The Kier molecular flexibility index (Phi) is 6.37. The first-order valence-corrected chi connectivity index (χ1v) is 11.9. The molecule has 7 heteroatoms. The van der Waals surface area contributed by atoms with Gasteiger partial charge in [-0.15, -0.1) is 10.2 Å². The van der Waals surface area contributed by atoms with Crippen molar-refractivity contribution in [3.8, 4) is 17.1 Å². The monoisotopic (exact) mass is 428 g/mol. The average Bonchev–Trinajstić information content (AvgIpc) is 3.49. The number of para-hydroxylation sites is 1. The number of fused-ring (bicyclic) bond motifs is 2. The van der Waals surface area contributed by atoms with Crippen molar-refractivity contribution in [1.29, 1.82) is 0 Å². The number of carbonyl (C=O) groups is 1. The van der Waals surface area contributed by atoms with Crippen LogP contribution >= 0.6 is 11.8 Å². The Morgan fingerprint density at radius 1 is 1.27 bits per heavy atom. The molecule has 0 radical (unpaired) electrons. The highest BCUT2D eigenvalue weighted by Gasteiger charge is 2.42. The smallest absolute Gasteiger partial charge is 0.233 e. The summed E-state index contributed by atoms with van der Waals surface area (Å²) >= 11 is 1.47. The summed E-state index contributed by atoms with van der Waals surface area (Å²) in [5.41, 5.74) is 0.906. The fourth-order valence-corrected chi connectivity index (χ4v) is 6.18. The average molecular weight is 429 g/mol. The maximum Gasteiger partial charge on any atom is 0.233 e. The number of hydrogen-bond donors (Lipinski definition) is 1. The van der Waals surface area contributed by atoms with Crippen molar-refractivity contribution in [2.75, 3.05) is 7.11 Å². The van der Waals surface area contributed by atoms with Gasteiger partial charge in [0.1, 0.15) is 5.75 Å². The standard InChI is InChI=1S/C23H32N4O2S/c1-5-27-21(18-8-6-7-9-20(18)29-4)25-26-23(27)30-15(3)22(28)24-14(2)19-13-16-10-11-17(19)12-16/h6-9,14-17,19H,5,10-13H2,1-4H3,(H,24,28)/t14-,15+,16-,17-,19+/m0/s1. The normalized spacial score (nSPS) is 24.6. The number of nitrogens with zero attached hydrogens (tertiary/aromatic N) is 3. The van der Waals surface area contributed by atoms with E-state index in [0.29, 0.717) is 5.92 Å². The van der Waals surface area contributed by atoms with Crippen molar-refractivity contribution in [1.82, 2.24) is 20.1 Å². The van der Waals surface area contributed by atoms with Crippen LogP contribution in [0.1, 0.15) is 46.5 Å². The van der Waals surface area contributed by atoms with Crippen LogP contribution in [0, 0.1) is 17.8 Å². The van der Waals surface area contributed by atoms with Gasteiger partial charge in [-0.25, -0.2) is 0 Å². The molecule has 2 saturated carbocycles. The lowest BCUT2D eigenvalue weighted by Crippen LogP contribution is -2.43. The van der Waals surface area contributed by atoms with Crippen LogP contribution < -0.4 is 10.1 Å². The van der Waals surface area contributed by atoms with Gasteiger partial charge in [-0.05, 0) is 69.9 Å². The maximum atomic E-state index is 12.9. The third-order valence-corrected chi connectivity index (χ3v) is 7.92. The van der Waals surface area contributed by atoms with Gasteiger partial charge in [-0.3, -0.25) is 4.79 Å². The number of thioether (sulfide) groups is 1. The second kappa shape index (κ2) is 9.00. The molecule has 30 heavy (non-hydrogen) atoms. The number of benzene rings is 1. The summed E-state index contributed by atoms with van der Waals surface area (Å²) in [6, 6.07) is 8.05. The van der Waals surface area contributed by atoms with Crippen LogP contribution in [0.2, 0.25) is 0 Å². The molecule has 1 aromatic heterocycles. The van der Waals surface area contributed by atoms with Crippen molar-refractivity contribution in [2.45, 2.75) is 69.4 Å². The first-order valence-electron chi connectivity index (χ1n) is 11.0. The lowest BCUT2D eigenvalue weighted by atomic mass is 9.84. The number of aromatic nitrogens is 3. The first kappa shape index (κ1) is 21.2. The molecular formula is C23H32N4O2S. The summed E-state index contributed by atoms with van der Waals surface area (Å²) < 4.78 is 7.54. The Hall–Kier alpha value is -2.02. The van der Waals surface area contributed by atoms with Crippen molar-refractivity contribution in [2.24, 2.45) is 17.8 Å². The van der Waals surface area contributed by atoms with Crippen molar-refractivity contribution >= 4 is 17.7 Å². The van der Waals surface area contributed by atoms with Gasteiger partial charge in [0, 0.05) is 12.6 Å². The van der Waals surface area contributed by atoms with Gasteiger partial charge < -0.3 is 14.6 Å². The van der Waals surface area contributed by atoms with E-state index in [4.69, 9.17) is 4.74 Å². The van der Waals surface area contributed by atoms with Gasteiger partial charge in [-0.1, -0.05) is 30.3 Å². The molecule has 2 aromatic rings. The molecule has 2 bridgehead atoms. The van der Waals surface area contributed by atoms with E-state index >= 15 is 0 Å². The predicted molar refractivity (Wildman–Crippen MR) is 120 cm³/mol. The Labute approximate surface area is 183 Å². The minimum absolute atomic E-state index is 0.0831. The zero-order valence-corrected chi connectivity index (χ0v) is 19.1. The van der Waals surface area contributed by atoms with E-state index < -0.39 is 0 Å². The topological polar surface area (TPSA) is 69.0 Å². The molecule has 1 aromatic carbocycles. The van der Waals surface area contributed by atoms with E-state index in [1.165, 1.54) is 37.4 Å². The molecular weight excluding hydrogens is 396 g/mol. The second-order valence-corrected chi connectivity index (χ2v) is 9.95. The molecule has 0 spiro atoms. The number of rotatable bonds is 8. The Bertz CT molecular complexity index is 899. The molecule has 5 atom stereocenters. The highest BCUT2D eigenvalue weighted by atomic mass is 32.2. The largest absolute Gasteiger partial charge is 0.496 e. The lowest BCUT2D eigenvalue weighted by molar-refractivity contribution is -0.121. The molecule has 2 aliphatic carbocycles. The molecule has 2 aliphatic rings. The van der Waals surface area contributed by atoms with E-state index in [1.54, 1.807) is 7.11 Å². The molecule has 1 amide bonds. The van der Waals surface area contributed by atoms with Crippen LogP contribution in [-0.2, 0) is 11.3 Å². The van der Waals surface area contributed by atoms with Gasteiger partial charge in [-0.2, -0.15) is 0 Å². The molecule has 1 N–H and O–H groups in total. The van der Waals surface area contributed by atoms with Crippen LogP contribution in [0.25, 0.3) is 11.4 Å². The summed E-state index contributed by atoms with van der Waals surface area (Å²) in [5, 5.41) is 12.6. The Balaban J connectivity index is 1.43. The van der Waals surface area contributed by atoms with Crippen molar-refractivity contribution in [3.63, 3.8) is 0 Å². The number of hydrogen-bond acceptors (Lipinski definition) is 5. The third kappa shape index (κ3) is 4.09. The third-order valence-electron chi connectivity index (χ3n) is 6.84. The predicted octanol–water partition coefficient (Wildman–Crippen LogP) is 4.40. The highest BCUT2D eigenvalue weighted by molar-refractivity contribution is 8.00. The van der Waals surface area contributed by atoms with Crippen LogP contribution in [0.5, 0.6) is 5.75 Å². The van der Waals surface area contributed by atoms with Gasteiger partial charge in [0.05, 0.1) is 17.9 Å². The number of amides is 1. The Morgan fingerprint density at radius 3 is 2.73 bits per heavy atom. The minimum atomic E-state index is -0.231. The number of methoxy groups -OCH3 is 1. The molecule has 0 saturated heterocycles. The Morgan fingerprint density at radius 2 is 2.07 bits per heavy atom. The van der Waals surface area contributed by atoms with Crippen LogP contribution in [0.4, 0.5) is 0 Å². The van der Waals surface area contributed by atoms with Crippen LogP contribution in [0.15, 0.2) is 29.4 Å². The first-order chi connectivity index (χ1) is 14.5. The summed E-state index contributed by atoms with van der Waals surface area (Å²) in [6.45, 7) is 6.91. The minimum Gasteiger partial charge on any atom is -0.496 e. The van der Waals surface area contributed by atoms with Crippen LogP contribution in [-0.4, -0.2) is 39.1 Å². The fraction of sp³-hybridized carbons (Fsp3) is 0.609. The van der Waals surface area contributed by atoms with E-state index in [2.05, 4.69) is 29.4 Å². The quantitative estimate of drug-likeness (QED) is 0.631. The van der Waals surface area contributed by atoms with Gasteiger partial charge in [0.2, 0.25) is 5.91 Å². The van der Waals surface area contributed by atoms with E-state index in [9.17, 15) is 4.79 Å². The molecule has 2 fully saturated rings. The number of ether oxygens (including phenoxy) is 1. The van der Waals surface area contributed by atoms with Crippen molar-refractivity contribution < 1.29 is 9.53 Å². The molecule has 4 rings (SSSR count). The molecule has 0 unspecified atom stereocenters. The lowest BCUT2D eigenvalue weighted by Gasteiger charge is -2.29. The zero-order valence-electron chi connectivity index (χ0n) is 18.3. The van der Waals surface area contributed by atoms with Crippen LogP contribution in [0.3, 0.4) is 0 Å². The van der Waals surface area contributed by atoms with Gasteiger partial charge in [0.25, 0.3) is 0 Å². The summed E-state index contributed by atoms with van der Waals surface area (Å²) in [5.74, 6) is 3.95. The molecule has 0 aliphatic heterocycles. The van der Waals surface area contributed by atoms with Crippen molar-refractivity contribution in [3.05, 3.63) is 24.3 Å². The maximum absolute atomic E-state index is 12.9. The van der Waals surface area contributed by atoms with E-state index in [1.807, 2.05) is 35.8 Å². The second-order valence-electron chi connectivity index (χ2n) is 8.65. The SMILES string of the molecule is CCn1c(S[C@H](C)C(=O)N[C@@H](C)[C@H]2C[C@H]3CC[C@H]2C3)nnc1-c1ccccc1OC. The van der Waals surface area contributed by atoms with E-state index in [0.717, 1.165) is 40.7 Å². The number of nitrogens with one attached hydrogen (secondary N) is 1. The molecule has 1 heterocycles. The van der Waals surface area contributed by atoms with Gasteiger partial charge >= 0.3 is 0 Å². The summed E-state index contributed by atoms with van der Waals surface area (Å²) in [7, 11) is 1.66. The zero-order chi connectivity index (χ0) is 21.3. The number of carbonyl (C=O) groups excluding carboxylic acids is 1. The summed E-state index contributed by atoms with van der Waals surface area (Å²) in [4.78, 5) is 12.9. The highest BCUT2D eigenvalue weighted by Crippen LogP contribution is 2.49. The molecule has 162 valence electrons. The fourth-order valence-electron chi connectivity index (χ4n) is 5.26.